The molecule has 3 aromatic rings. The van der Waals surface area contributed by atoms with E-state index in [-0.39, 0.29) is 17.8 Å². The van der Waals surface area contributed by atoms with Crippen LogP contribution in [-0.4, -0.2) is 52.3 Å². The fourth-order valence-corrected chi connectivity index (χ4v) is 5.29. The summed E-state index contributed by atoms with van der Waals surface area (Å²) in [5, 5.41) is 23.1. The lowest BCUT2D eigenvalue weighted by atomic mass is 9.95. The molecule has 0 saturated heterocycles. The maximum atomic E-state index is 15.0. The average Bonchev–Trinajstić information content (AvgIpc) is 2.88. The first-order valence-corrected chi connectivity index (χ1v) is 13.9. The van der Waals surface area contributed by atoms with Crippen LogP contribution in [0.3, 0.4) is 0 Å². The summed E-state index contributed by atoms with van der Waals surface area (Å²) in [4.78, 5) is 11.5. The molecule has 3 N–H and O–H groups in total. The maximum Gasteiger partial charge on any atom is 0.303 e. The molecule has 0 amide bonds. The van der Waals surface area contributed by atoms with Crippen LogP contribution < -0.4 is 5.32 Å². The first kappa shape index (κ1) is 29.8. The standard InChI is InChI=1S/C31H39FN2O3S/c1-31(2,19-9-12-23-10-5-4-6-11-23)33-21-26(35)22-34(3)38-29-17-15-25(20-28(29)32)27-14-8-7-13-24(27)16-18-30(36)37/h4-8,10-11,13-15,17,20,26,33,35H,9,12,16,18-19,21-22H2,1-3H3,(H,36,37)/t26-/m1/s1. The van der Waals surface area contributed by atoms with Crippen molar-refractivity contribution in [1.29, 1.82) is 0 Å². The van der Waals surface area contributed by atoms with Gasteiger partial charge in [-0.05, 0) is 92.9 Å². The number of hydrogen-bond acceptors (Lipinski definition) is 5. The Hall–Kier alpha value is -2.71. The van der Waals surface area contributed by atoms with Crippen LogP contribution in [0.1, 0.15) is 44.2 Å². The third-order valence-electron chi connectivity index (χ3n) is 6.52. The highest BCUT2D eigenvalue weighted by Crippen LogP contribution is 2.31. The number of nitrogens with zero attached hydrogens (tertiary/aromatic N) is 1. The van der Waals surface area contributed by atoms with Crippen LogP contribution >= 0.6 is 11.9 Å². The monoisotopic (exact) mass is 538 g/mol. The molecule has 3 aromatic carbocycles. The third kappa shape index (κ3) is 9.87. The summed E-state index contributed by atoms with van der Waals surface area (Å²) in [5.74, 6) is -1.20. The van der Waals surface area contributed by atoms with Gasteiger partial charge in [-0.15, -0.1) is 0 Å². The Morgan fingerprint density at radius 3 is 2.47 bits per heavy atom. The van der Waals surface area contributed by atoms with E-state index in [1.165, 1.54) is 23.6 Å². The van der Waals surface area contributed by atoms with Crippen LogP contribution in [0.2, 0.25) is 0 Å². The van der Waals surface area contributed by atoms with Crippen molar-refractivity contribution in [2.75, 3.05) is 20.1 Å². The van der Waals surface area contributed by atoms with Crippen LogP contribution in [0.25, 0.3) is 11.1 Å². The minimum Gasteiger partial charge on any atom is -0.481 e. The Labute approximate surface area is 230 Å². The van der Waals surface area contributed by atoms with Gasteiger partial charge in [0.2, 0.25) is 0 Å². The molecule has 0 unspecified atom stereocenters. The van der Waals surface area contributed by atoms with E-state index in [4.69, 9.17) is 5.11 Å². The largest absolute Gasteiger partial charge is 0.481 e. The number of carboxylic acid groups (broad SMARTS) is 1. The number of carboxylic acids is 1. The van der Waals surface area contributed by atoms with E-state index >= 15 is 4.39 Å². The third-order valence-corrected chi connectivity index (χ3v) is 7.51. The predicted molar refractivity (Wildman–Crippen MR) is 154 cm³/mol. The van der Waals surface area contributed by atoms with Crippen molar-refractivity contribution in [1.82, 2.24) is 9.62 Å². The number of nitrogens with one attached hydrogen (secondary N) is 1. The van der Waals surface area contributed by atoms with Gasteiger partial charge in [0.15, 0.2) is 0 Å². The molecule has 0 radical (unpaired) electrons. The van der Waals surface area contributed by atoms with Gasteiger partial charge in [0.05, 0.1) is 11.0 Å². The summed E-state index contributed by atoms with van der Waals surface area (Å²) in [6.45, 7) is 5.15. The van der Waals surface area contributed by atoms with Gasteiger partial charge in [0.1, 0.15) is 5.82 Å². The van der Waals surface area contributed by atoms with Crippen molar-refractivity contribution >= 4 is 17.9 Å². The number of carbonyl (C=O) groups is 1. The molecule has 5 nitrogen and oxygen atoms in total. The number of aliphatic hydroxyl groups is 1. The summed E-state index contributed by atoms with van der Waals surface area (Å²) < 4.78 is 16.8. The second kappa shape index (κ2) is 14.4. The molecule has 38 heavy (non-hydrogen) atoms. The number of aliphatic hydroxyl groups excluding tert-OH is 1. The minimum absolute atomic E-state index is 0.0281. The van der Waals surface area contributed by atoms with E-state index in [1.54, 1.807) is 6.07 Å². The number of aliphatic carboxylic acids is 1. The normalized spacial score (nSPS) is 12.6. The summed E-state index contributed by atoms with van der Waals surface area (Å²) in [6.07, 6.45) is 2.92. The van der Waals surface area contributed by atoms with Gasteiger partial charge in [0, 0.05) is 25.0 Å². The van der Waals surface area contributed by atoms with E-state index in [0.717, 1.165) is 30.4 Å². The summed E-state index contributed by atoms with van der Waals surface area (Å²) in [5.41, 5.74) is 3.68. The molecule has 0 bridgehead atoms. The highest BCUT2D eigenvalue weighted by Gasteiger charge is 2.20. The zero-order valence-corrected chi connectivity index (χ0v) is 23.3. The summed E-state index contributed by atoms with van der Waals surface area (Å²) >= 11 is 1.26. The fraction of sp³-hybridized carbons (Fsp3) is 0.387. The fourth-order valence-electron chi connectivity index (χ4n) is 4.43. The number of halogens is 1. The number of aryl methyl sites for hydroxylation is 2. The number of likely N-dealkylation sites (N-methyl/N-ethyl adjacent to an activating group) is 1. The van der Waals surface area contributed by atoms with Crippen molar-refractivity contribution in [2.45, 2.75) is 62.5 Å². The number of rotatable bonds is 15. The molecule has 0 saturated carbocycles. The molecule has 0 aromatic heterocycles. The van der Waals surface area contributed by atoms with Crippen molar-refractivity contribution in [3.63, 3.8) is 0 Å². The number of hydrogen-bond donors (Lipinski definition) is 3. The second-order valence-electron chi connectivity index (χ2n) is 10.4. The lowest BCUT2D eigenvalue weighted by molar-refractivity contribution is -0.136. The SMILES string of the molecule is CN(C[C@H](O)CNC(C)(C)CCCc1ccccc1)Sc1ccc(-c2ccccc2CCC(=O)O)cc1F. The highest BCUT2D eigenvalue weighted by molar-refractivity contribution is 7.97. The van der Waals surface area contributed by atoms with Gasteiger partial charge in [-0.2, -0.15) is 0 Å². The zero-order valence-electron chi connectivity index (χ0n) is 22.5. The van der Waals surface area contributed by atoms with E-state index in [2.05, 4.69) is 43.4 Å². The maximum absolute atomic E-state index is 15.0. The molecular weight excluding hydrogens is 499 g/mol. The molecule has 204 valence electrons. The molecule has 1 atom stereocenters. The first-order valence-electron chi connectivity index (χ1n) is 13.1. The molecule has 0 aliphatic heterocycles. The van der Waals surface area contributed by atoms with Gasteiger partial charge in [-0.25, -0.2) is 8.70 Å². The van der Waals surface area contributed by atoms with Crippen molar-refractivity contribution < 1.29 is 19.4 Å². The molecule has 0 aliphatic rings. The first-order chi connectivity index (χ1) is 18.1. The Balaban J connectivity index is 1.48. The predicted octanol–water partition coefficient (Wildman–Crippen LogP) is 6.20. The van der Waals surface area contributed by atoms with Crippen LogP contribution in [-0.2, 0) is 17.6 Å². The lowest BCUT2D eigenvalue weighted by Crippen LogP contribution is -2.45. The van der Waals surface area contributed by atoms with Crippen molar-refractivity contribution in [2.24, 2.45) is 0 Å². The van der Waals surface area contributed by atoms with E-state index in [9.17, 15) is 9.90 Å². The molecule has 7 heteroatoms. The van der Waals surface area contributed by atoms with E-state index < -0.39 is 12.1 Å². The van der Waals surface area contributed by atoms with Crippen LogP contribution in [0.5, 0.6) is 0 Å². The van der Waals surface area contributed by atoms with Crippen LogP contribution in [0.4, 0.5) is 4.39 Å². The minimum atomic E-state index is -0.857. The Morgan fingerprint density at radius 2 is 1.76 bits per heavy atom. The smallest absolute Gasteiger partial charge is 0.303 e. The van der Waals surface area contributed by atoms with Crippen molar-refractivity contribution in [3.05, 3.63) is 89.7 Å². The molecule has 0 heterocycles. The van der Waals surface area contributed by atoms with Gasteiger partial charge in [0.25, 0.3) is 0 Å². The van der Waals surface area contributed by atoms with Gasteiger partial charge in [-0.3, -0.25) is 4.79 Å². The molecule has 3 rings (SSSR count). The van der Waals surface area contributed by atoms with Crippen molar-refractivity contribution in [3.8, 4) is 11.1 Å². The Kier molecular flexibility index (Phi) is 11.3. The highest BCUT2D eigenvalue weighted by atomic mass is 32.2. The van der Waals surface area contributed by atoms with Gasteiger partial charge < -0.3 is 15.5 Å². The van der Waals surface area contributed by atoms with Gasteiger partial charge >= 0.3 is 5.97 Å². The van der Waals surface area contributed by atoms with E-state index in [1.807, 2.05) is 47.8 Å². The molecule has 0 spiro atoms. The summed E-state index contributed by atoms with van der Waals surface area (Å²) in [7, 11) is 1.84. The summed E-state index contributed by atoms with van der Waals surface area (Å²) in [6, 6.07) is 23.0. The average molecular weight is 539 g/mol. The Bertz CT molecular complexity index is 1170. The van der Waals surface area contributed by atoms with Crippen LogP contribution in [0.15, 0.2) is 77.7 Å². The number of benzene rings is 3. The molecular formula is C31H39FN2O3S. The topological polar surface area (TPSA) is 72.8 Å². The lowest BCUT2D eigenvalue weighted by Gasteiger charge is -2.29. The molecule has 0 fully saturated rings. The van der Waals surface area contributed by atoms with E-state index in [0.29, 0.717) is 30.0 Å². The second-order valence-corrected chi connectivity index (χ2v) is 11.6. The van der Waals surface area contributed by atoms with Gasteiger partial charge in [-0.1, -0.05) is 60.7 Å². The molecule has 0 aliphatic carbocycles. The Morgan fingerprint density at radius 1 is 1.05 bits per heavy atom. The van der Waals surface area contributed by atoms with Crippen LogP contribution in [0, 0.1) is 5.82 Å². The number of β-amino-alcohol motifs (C(OH)–C–C–N with tert-alkyl or cyclic N) is 1. The zero-order chi connectivity index (χ0) is 27.5. The quantitative estimate of drug-likeness (QED) is 0.200.